The van der Waals surface area contributed by atoms with E-state index in [1.807, 2.05) is 0 Å². The number of methoxy groups -OCH3 is 3. The fourth-order valence-electron chi connectivity index (χ4n) is 12.0. The highest BCUT2D eigenvalue weighted by molar-refractivity contribution is 6.13. The van der Waals surface area contributed by atoms with Gasteiger partial charge in [-0.05, 0) is 46.2 Å². The molecule has 0 spiro atoms. The van der Waals surface area contributed by atoms with Gasteiger partial charge in [0.1, 0.15) is 35.1 Å². The van der Waals surface area contributed by atoms with Gasteiger partial charge in [-0.3, -0.25) is 24.2 Å². The lowest BCUT2D eigenvalue weighted by Crippen LogP contribution is -2.78. The van der Waals surface area contributed by atoms with Crippen LogP contribution in [0.25, 0.3) is 21.9 Å². The number of hydrogen-bond acceptors (Lipinski definition) is 24. The summed E-state index contributed by atoms with van der Waals surface area (Å²) in [6.07, 6.45) is -15.6. The first kappa shape index (κ1) is 51.0. The first-order chi connectivity index (χ1) is 34.3. The molecule has 10 rings (SSSR count). The van der Waals surface area contributed by atoms with E-state index < -0.39 is 143 Å². The van der Waals surface area contributed by atoms with E-state index in [2.05, 4.69) is 15.0 Å². The summed E-state index contributed by atoms with van der Waals surface area (Å²) in [5, 5.41) is 72.3. The van der Waals surface area contributed by atoms with Gasteiger partial charge in [-0.25, -0.2) is 4.98 Å². The Morgan fingerprint density at radius 1 is 1.03 bits per heavy atom. The number of Topliss-reactive ketones (excluding diaryl/α,β-unsaturated/α-hetero) is 2. The standard InChI is InChI=1S/C47H57N5O21/c1-16-10-21-28(33(58)30-29(34(21)63-7)23(11-22(55)32(30)57)69-26-13-43(6,60)37(17(2)66-26)68-20(5)54)35-27(16)36-38-46(71-35,70-25-12-24(56)45(62,18(3)53)19(4)67-25)44(61,47(72-36,73-38)41(64-8)65-9)14-52-15-49-39-31(52)40(59)51-42(48)50-39/h10,15,17,19,22-26,36-38,41,55-56,58,60-62H,11-14H2,1-9H3,(H3,48,50,51,59)/t17-,19-,22-,23-,24-,25-,26-,36-,37+,38-,43-,44-,45+,46+,47-/m0/s1. The number of aromatic amines is 1. The van der Waals surface area contributed by atoms with Crippen LogP contribution in [0.2, 0.25) is 0 Å². The van der Waals surface area contributed by atoms with Crippen LogP contribution in [0.5, 0.6) is 17.2 Å². The molecular weight excluding hydrogens is 971 g/mol. The van der Waals surface area contributed by atoms with Crippen molar-refractivity contribution in [2.75, 3.05) is 27.1 Å². The van der Waals surface area contributed by atoms with Crippen molar-refractivity contribution in [1.29, 1.82) is 0 Å². The van der Waals surface area contributed by atoms with Crippen molar-refractivity contribution in [1.82, 2.24) is 19.5 Å². The molecule has 0 unspecified atom stereocenters. The average molecular weight is 1030 g/mol. The molecule has 9 N–H and O–H groups in total. The second-order valence-corrected chi connectivity index (χ2v) is 19.8. The summed E-state index contributed by atoms with van der Waals surface area (Å²) in [6, 6.07) is 1.62. The summed E-state index contributed by atoms with van der Waals surface area (Å²) in [4.78, 5) is 63.4. The molecule has 396 valence electrons. The number of aryl methyl sites for hydroxylation is 1. The lowest BCUT2D eigenvalue weighted by atomic mass is 9.74. The fraction of sp³-hybridized carbons (Fsp3) is 0.617. The largest absolute Gasteiger partial charge is 0.506 e. The van der Waals surface area contributed by atoms with Gasteiger partial charge in [0.15, 0.2) is 53.1 Å². The fourth-order valence-corrected chi connectivity index (χ4v) is 12.0. The maximum absolute atomic E-state index is 14.3. The van der Waals surface area contributed by atoms with Crippen molar-refractivity contribution in [3.8, 4) is 17.2 Å². The van der Waals surface area contributed by atoms with E-state index in [1.54, 1.807) is 19.9 Å². The number of esters is 1. The van der Waals surface area contributed by atoms with E-state index in [1.165, 1.54) is 53.0 Å². The molecule has 15 atom stereocenters. The lowest BCUT2D eigenvalue weighted by Gasteiger charge is -2.56. The van der Waals surface area contributed by atoms with Crippen molar-refractivity contribution in [2.45, 2.75) is 163 Å². The number of ketones is 2. The van der Waals surface area contributed by atoms with E-state index in [0.717, 1.165) is 6.92 Å². The molecule has 0 saturated carbocycles. The number of imidazole rings is 1. The highest BCUT2D eigenvalue weighted by Crippen LogP contribution is 2.69. The smallest absolute Gasteiger partial charge is 0.303 e. The minimum Gasteiger partial charge on any atom is -0.506 e. The second-order valence-electron chi connectivity index (χ2n) is 19.8. The summed E-state index contributed by atoms with van der Waals surface area (Å²) >= 11 is 0. The van der Waals surface area contributed by atoms with Gasteiger partial charge >= 0.3 is 5.97 Å². The zero-order valence-electron chi connectivity index (χ0n) is 41.1. The van der Waals surface area contributed by atoms with E-state index >= 15 is 0 Å². The number of ether oxygens (including phenoxy) is 11. The van der Waals surface area contributed by atoms with Gasteiger partial charge in [0.25, 0.3) is 17.1 Å². The number of benzene rings is 2. The van der Waals surface area contributed by atoms with Gasteiger partial charge in [-0.15, -0.1) is 0 Å². The summed E-state index contributed by atoms with van der Waals surface area (Å²) in [7, 11) is 3.79. The van der Waals surface area contributed by atoms with E-state index in [-0.39, 0.29) is 63.4 Å². The molecule has 73 heavy (non-hydrogen) atoms. The number of aromatic nitrogens is 4. The molecule has 5 aliphatic heterocycles. The van der Waals surface area contributed by atoms with Crippen molar-refractivity contribution in [3.05, 3.63) is 45.0 Å². The number of aliphatic hydroxyl groups excluding tert-OH is 2. The number of phenols is 1. The predicted molar refractivity (Wildman–Crippen MR) is 243 cm³/mol. The van der Waals surface area contributed by atoms with Gasteiger partial charge in [0.2, 0.25) is 17.8 Å². The van der Waals surface area contributed by atoms with Crippen LogP contribution in [0.15, 0.2) is 17.2 Å². The van der Waals surface area contributed by atoms with Crippen LogP contribution in [-0.2, 0) is 58.8 Å². The SMILES string of the molecule is COc1c2c(c(O)c3c4c(c(C)cc13)[C@@H]1O[C@@]3(C(OC)OC)O[C@@H]1[C@@](O[C@H]1C[C@H](O)[C@@](O)(C(C)=O)[C@H](C)O1)(O4)[C@@]3(O)Cn1cnc3nc(N)[nH]c(=O)c31)C(=O)[C@@H](O)C[C@@H]2O[C@H]1C[C@](C)(O)[C@H](OC(C)=O)[C@H](C)O1. The number of aromatic hydroxyl groups is 1. The van der Waals surface area contributed by atoms with E-state index in [0.29, 0.717) is 5.56 Å². The zero-order chi connectivity index (χ0) is 52.8. The normalized spacial score (nSPS) is 37.6. The number of nitrogens with one attached hydrogen (secondary N) is 1. The number of rotatable bonds is 12. The van der Waals surface area contributed by atoms with Gasteiger partial charge in [0, 0.05) is 56.9 Å². The molecular formula is C47H57N5O21. The number of phenolic OH excluding ortho intramolecular Hbond substituents is 1. The van der Waals surface area contributed by atoms with Gasteiger partial charge < -0.3 is 93.0 Å². The quantitative estimate of drug-likeness (QED) is 0.0675. The molecule has 4 fully saturated rings. The van der Waals surface area contributed by atoms with Crippen molar-refractivity contribution in [3.63, 3.8) is 0 Å². The van der Waals surface area contributed by atoms with Crippen molar-refractivity contribution in [2.24, 2.45) is 0 Å². The van der Waals surface area contributed by atoms with Crippen LogP contribution >= 0.6 is 0 Å². The monoisotopic (exact) mass is 1030 g/mol. The number of aliphatic hydroxyl groups is 5. The van der Waals surface area contributed by atoms with Crippen LogP contribution in [0.3, 0.4) is 0 Å². The number of carbonyl (C=O) groups excluding carboxylic acids is 3. The molecule has 2 bridgehead atoms. The number of nitrogen functional groups attached to an aromatic ring is 1. The van der Waals surface area contributed by atoms with Crippen LogP contribution in [0.4, 0.5) is 5.95 Å². The molecule has 7 heterocycles. The Morgan fingerprint density at radius 2 is 1.74 bits per heavy atom. The highest BCUT2D eigenvalue weighted by atomic mass is 16.9. The molecule has 0 radical (unpaired) electrons. The van der Waals surface area contributed by atoms with Crippen LogP contribution in [0.1, 0.15) is 93.1 Å². The zero-order valence-corrected chi connectivity index (χ0v) is 41.1. The van der Waals surface area contributed by atoms with E-state index in [4.69, 9.17) is 57.8 Å². The molecule has 26 nitrogen and oxygen atoms in total. The third-order valence-corrected chi connectivity index (χ3v) is 15.2. The maximum atomic E-state index is 14.3. The number of anilines is 1. The number of hydrogen-bond donors (Lipinski definition) is 8. The first-order valence-corrected chi connectivity index (χ1v) is 23.4. The molecule has 6 aliphatic rings. The number of nitrogens with two attached hydrogens (primary N) is 1. The van der Waals surface area contributed by atoms with Crippen molar-refractivity contribution < 1.29 is 97.1 Å². The summed E-state index contributed by atoms with van der Waals surface area (Å²) < 4.78 is 70.4. The molecule has 4 aromatic rings. The topological polar surface area (TPSA) is 364 Å². The Balaban J connectivity index is 1.18. The highest BCUT2D eigenvalue weighted by Gasteiger charge is 2.88. The molecule has 0 amide bonds. The minimum absolute atomic E-state index is 0.00504. The molecule has 2 aromatic heterocycles. The summed E-state index contributed by atoms with van der Waals surface area (Å²) in [6.45, 7) is 7.53. The third kappa shape index (κ3) is 7.10. The number of fused-ring (bicyclic) bond motifs is 7. The Morgan fingerprint density at radius 3 is 2.37 bits per heavy atom. The summed E-state index contributed by atoms with van der Waals surface area (Å²) in [5.74, 6) is -8.85. The van der Waals surface area contributed by atoms with Gasteiger partial charge in [-0.2, -0.15) is 4.98 Å². The molecule has 1 aliphatic carbocycles. The molecule has 2 aromatic carbocycles. The van der Waals surface area contributed by atoms with Crippen molar-refractivity contribution >= 4 is 45.4 Å². The van der Waals surface area contributed by atoms with Gasteiger partial charge in [-0.1, -0.05) is 0 Å². The predicted octanol–water partition coefficient (Wildman–Crippen LogP) is -0.162. The van der Waals surface area contributed by atoms with Gasteiger partial charge in [0.05, 0.1) is 55.3 Å². The van der Waals surface area contributed by atoms with Crippen LogP contribution in [-0.4, -0.2) is 173 Å². The Kier molecular flexibility index (Phi) is 12.1. The number of nitrogens with zero attached hydrogens (tertiary/aromatic N) is 3. The number of carbonyl (C=O) groups is 3. The number of H-pyrrole nitrogens is 1. The second kappa shape index (κ2) is 17.3. The Hall–Kier alpha value is -5.46. The van der Waals surface area contributed by atoms with Crippen LogP contribution in [0, 0.1) is 6.92 Å². The van der Waals surface area contributed by atoms with Crippen LogP contribution < -0.4 is 20.8 Å². The maximum Gasteiger partial charge on any atom is 0.303 e. The Labute approximate surface area is 414 Å². The molecule has 26 heteroatoms. The van der Waals surface area contributed by atoms with E-state index in [9.17, 15) is 49.8 Å². The minimum atomic E-state index is -2.83. The first-order valence-electron chi connectivity index (χ1n) is 23.4. The molecule has 4 saturated heterocycles. The average Bonchev–Trinajstić information content (AvgIpc) is 3.96. The summed E-state index contributed by atoms with van der Waals surface area (Å²) in [5.41, 5.74) is -1.95. The lowest BCUT2D eigenvalue weighted by molar-refractivity contribution is -0.427. The third-order valence-electron chi connectivity index (χ3n) is 15.2. The Bertz CT molecular complexity index is 3000.